The first kappa shape index (κ1) is 36.4. The molecule has 0 saturated carbocycles. The zero-order chi connectivity index (χ0) is 43.8. The number of para-hydroxylation sites is 2. The lowest BCUT2D eigenvalue weighted by molar-refractivity contribution is 0.666. The smallest absolute Gasteiger partial charge is 0.135 e. The minimum atomic E-state index is -0.207. The molecule has 0 radical (unpaired) electrons. The number of fused-ring (bicyclic) bond motifs is 20. The van der Waals surface area contributed by atoms with Gasteiger partial charge in [0.05, 0.1) is 0 Å². The van der Waals surface area contributed by atoms with Crippen molar-refractivity contribution in [3.63, 3.8) is 0 Å². The number of hydrogen-bond acceptors (Lipinski definition) is 2. The third-order valence-electron chi connectivity index (χ3n) is 15.8. The Morgan fingerprint density at radius 1 is 0.288 bits per heavy atom. The molecule has 11 aromatic carbocycles. The Balaban J connectivity index is 1.08. The van der Waals surface area contributed by atoms with Crippen LogP contribution in [0.2, 0.25) is 0 Å². The van der Waals surface area contributed by atoms with Crippen LogP contribution in [0.15, 0.2) is 191 Å². The summed E-state index contributed by atoms with van der Waals surface area (Å²) in [5.74, 6) is 0. The Hall–Kier alpha value is -7.94. The second-order valence-corrected chi connectivity index (χ2v) is 19.9. The van der Waals surface area contributed by atoms with Crippen LogP contribution in [-0.4, -0.2) is 0 Å². The van der Waals surface area contributed by atoms with Gasteiger partial charge in [-0.15, -0.1) is 0 Å². The van der Waals surface area contributed by atoms with Crippen molar-refractivity contribution >= 4 is 87.0 Å². The Labute approximate surface area is 381 Å². The Morgan fingerprint density at radius 3 is 1.17 bits per heavy atom. The lowest BCUT2D eigenvalue weighted by Gasteiger charge is -2.26. The van der Waals surface area contributed by atoms with Crippen molar-refractivity contribution in [1.29, 1.82) is 0 Å². The van der Waals surface area contributed by atoms with E-state index in [0.717, 1.165) is 43.9 Å². The van der Waals surface area contributed by atoms with Crippen LogP contribution in [-0.2, 0) is 10.8 Å². The van der Waals surface area contributed by atoms with E-state index in [2.05, 4.69) is 210 Å². The van der Waals surface area contributed by atoms with E-state index in [-0.39, 0.29) is 10.8 Å². The maximum atomic E-state index is 6.38. The molecule has 0 amide bonds. The van der Waals surface area contributed by atoms with Crippen molar-refractivity contribution in [1.82, 2.24) is 0 Å². The third-order valence-corrected chi connectivity index (χ3v) is 15.8. The van der Waals surface area contributed by atoms with Gasteiger partial charge in [-0.1, -0.05) is 149 Å². The highest BCUT2D eigenvalue weighted by Crippen LogP contribution is 2.57. The van der Waals surface area contributed by atoms with E-state index in [4.69, 9.17) is 8.83 Å². The largest absolute Gasteiger partial charge is 0.456 e. The van der Waals surface area contributed by atoms with Gasteiger partial charge in [0.2, 0.25) is 0 Å². The summed E-state index contributed by atoms with van der Waals surface area (Å²) in [6.45, 7) is 9.65. The maximum Gasteiger partial charge on any atom is 0.135 e. The van der Waals surface area contributed by atoms with Crippen LogP contribution < -0.4 is 0 Å². The highest BCUT2D eigenvalue weighted by Gasteiger charge is 2.39. The van der Waals surface area contributed by atoms with Gasteiger partial charge in [0.1, 0.15) is 22.3 Å². The molecule has 310 valence electrons. The van der Waals surface area contributed by atoms with Crippen molar-refractivity contribution in [3.8, 4) is 44.5 Å². The Bertz CT molecular complexity index is 4060. The lowest BCUT2D eigenvalue weighted by atomic mass is 9.77. The first-order valence-electron chi connectivity index (χ1n) is 23.2. The molecule has 0 bridgehead atoms. The summed E-state index contributed by atoms with van der Waals surface area (Å²) in [5.41, 5.74) is 19.0. The Kier molecular flexibility index (Phi) is 6.86. The summed E-state index contributed by atoms with van der Waals surface area (Å²) < 4.78 is 12.8. The fraction of sp³-hybridized carbons (Fsp3) is 0.0938. The fourth-order valence-electron chi connectivity index (χ4n) is 12.8. The minimum absolute atomic E-state index is 0.207. The molecule has 2 heteroatoms. The first-order valence-corrected chi connectivity index (χ1v) is 23.2. The molecular weight excluding hydrogens is 801 g/mol. The molecule has 0 atom stereocenters. The van der Waals surface area contributed by atoms with Crippen molar-refractivity contribution in [3.05, 3.63) is 204 Å². The molecule has 0 saturated heterocycles. The molecule has 15 rings (SSSR count). The molecule has 2 nitrogen and oxygen atoms in total. The molecule has 0 fully saturated rings. The zero-order valence-corrected chi connectivity index (χ0v) is 37.1. The normalized spacial score (nSPS) is 14.6. The topological polar surface area (TPSA) is 26.3 Å². The average molecular weight is 843 g/mol. The van der Waals surface area contributed by atoms with E-state index in [1.165, 1.54) is 110 Å². The molecule has 2 aliphatic rings. The number of furan rings is 2. The van der Waals surface area contributed by atoms with Gasteiger partial charge in [0.25, 0.3) is 0 Å². The SMILES string of the molecule is CC1(C)c2ccccc2-c2ccc3c(c(-c4ccc5oc6ccccc6c5c4)cc4cc5c(cc(-c6ccc7oc8ccccc8c7c6)c6c7c(ccc65)-c5ccccc5C7(C)C)cc43)c21. The van der Waals surface area contributed by atoms with Gasteiger partial charge < -0.3 is 8.83 Å². The second-order valence-electron chi connectivity index (χ2n) is 19.9. The summed E-state index contributed by atoms with van der Waals surface area (Å²) in [6.07, 6.45) is 0. The van der Waals surface area contributed by atoms with Crippen LogP contribution in [0.1, 0.15) is 49.9 Å². The lowest BCUT2D eigenvalue weighted by Crippen LogP contribution is -2.16. The van der Waals surface area contributed by atoms with Gasteiger partial charge in [-0.05, 0) is 171 Å². The van der Waals surface area contributed by atoms with Gasteiger partial charge in [-0.25, -0.2) is 0 Å². The van der Waals surface area contributed by atoms with Crippen LogP contribution in [0.5, 0.6) is 0 Å². The second kappa shape index (κ2) is 12.4. The standard InChI is InChI=1S/C64H42O2/c1-63(2)53-17-9-5-13-39(53)45-25-23-43-47-31-38-34-50(36-22-28-58-52(30-36)42-16-8-12-20-56(42)66-58)60-44(24-26-46-40-14-6-10-18-54(40)64(3,4)62(46)60)48(38)32-37(47)33-49(59(43)61(45)63)35-21-27-57-51(29-35)41-15-7-11-19-55(41)65-57/h5-34H,1-4H3. The summed E-state index contributed by atoms with van der Waals surface area (Å²) in [5, 5.41) is 14.8. The summed E-state index contributed by atoms with van der Waals surface area (Å²) in [7, 11) is 0. The molecule has 2 aliphatic carbocycles. The van der Waals surface area contributed by atoms with E-state index in [0.29, 0.717) is 0 Å². The molecule has 0 unspecified atom stereocenters. The van der Waals surface area contributed by atoms with Crippen molar-refractivity contribution in [2.45, 2.75) is 38.5 Å². The number of rotatable bonds is 2. The third kappa shape index (κ3) is 4.61. The highest BCUT2D eigenvalue weighted by molar-refractivity contribution is 6.25. The predicted octanol–water partition coefficient (Wildman–Crippen LogP) is 18.0. The maximum absolute atomic E-state index is 6.38. The summed E-state index contributed by atoms with van der Waals surface area (Å²) >= 11 is 0. The quantitative estimate of drug-likeness (QED) is 0.128. The Morgan fingerprint density at radius 2 is 0.697 bits per heavy atom. The van der Waals surface area contributed by atoms with Crippen molar-refractivity contribution < 1.29 is 8.83 Å². The zero-order valence-electron chi connectivity index (χ0n) is 37.1. The molecule has 0 aliphatic heterocycles. The van der Waals surface area contributed by atoms with Gasteiger partial charge in [-0.3, -0.25) is 0 Å². The molecule has 2 aromatic heterocycles. The monoisotopic (exact) mass is 842 g/mol. The van der Waals surface area contributed by atoms with Gasteiger partial charge in [0, 0.05) is 32.4 Å². The minimum Gasteiger partial charge on any atom is -0.456 e. The van der Waals surface area contributed by atoms with Gasteiger partial charge in [-0.2, -0.15) is 0 Å². The van der Waals surface area contributed by atoms with E-state index in [9.17, 15) is 0 Å². The van der Waals surface area contributed by atoms with Gasteiger partial charge >= 0.3 is 0 Å². The fourth-order valence-corrected chi connectivity index (χ4v) is 12.8. The number of benzene rings is 11. The van der Waals surface area contributed by atoms with E-state index in [1.54, 1.807) is 0 Å². The van der Waals surface area contributed by atoms with E-state index >= 15 is 0 Å². The predicted molar refractivity (Wildman–Crippen MR) is 277 cm³/mol. The molecule has 0 N–H and O–H groups in total. The van der Waals surface area contributed by atoms with Crippen LogP contribution in [0.25, 0.3) is 131 Å². The molecule has 2 heterocycles. The molecule has 13 aromatic rings. The summed E-state index contributed by atoms with van der Waals surface area (Å²) in [4.78, 5) is 0. The number of hydrogen-bond donors (Lipinski definition) is 0. The van der Waals surface area contributed by atoms with E-state index < -0.39 is 0 Å². The highest BCUT2D eigenvalue weighted by atomic mass is 16.3. The summed E-state index contributed by atoms with van der Waals surface area (Å²) in [6, 6.07) is 68.0. The molecule has 0 spiro atoms. The van der Waals surface area contributed by atoms with Gasteiger partial charge in [0.15, 0.2) is 0 Å². The van der Waals surface area contributed by atoms with Crippen LogP contribution in [0.3, 0.4) is 0 Å². The molecule has 66 heavy (non-hydrogen) atoms. The van der Waals surface area contributed by atoms with Crippen LogP contribution >= 0.6 is 0 Å². The first-order chi connectivity index (χ1) is 32.2. The van der Waals surface area contributed by atoms with Crippen molar-refractivity contribution in [2.24, 2.45) is 0 Å². The molecular formula is C64H42O2. The average Bonchev–Trinajstić information content (AvgIpc) is 4.05. The van der Waals surface area contributed by atoms with E-state index in [1.807, 2.05) is 0 Å². The van der Waals surface area contributed by atoms with Crippen molar-refractivity contribution in [2.75, 3.05) is 0 Å². The van der Waals surface area contributed by atoms with Crippen LogP contribution in [0, 0.1) is 0 Å². The van der Waals surface area contributed by atoms with Crippen LogP contribution in [0.4, 0.5) is 0 Å².